The van der Waals surface area contributed by atoms with Crippen LogP contribution in [-0.2, 0) is 28.5 Å². The lowest BCUT2D eigenvalue weighted by atomic mass is 9.90. The van der Waals surface area contributed by atoms with E-state index >= 15 is 0 Å². The highest BCUT2D eigenvalue weighted by Crippen LogP contribution is 2.43. The van der Waals surface area contributed by atoms with Gasteiger partial charge in [-0.25, -0.2) is 19.6 Å². The summed E-state index contributed by atoms with van der Waals surface area (Å²) in [5.74, 6) is 1.49. The lowest BCUT2D eigenvalue weighted by molar-refractivity contribution is -0.139. The first-order chi connectivity index (χ1) is 32.9. The molecule has 4 amide bonds. The number of amides is 4. The summed E-state index contributed by atoms with van der Waals surface area (Å²) in [5, 5.41) is 7.87. The van der Waals surface area contributed by atoms with Crippen LogP contribution in [-0.4, -0.2) is 119 Å². The molecule has 0 radical (unpaired) electrons. The monoisotopic (exact) mass is 928 g/mol. The first-order valence-corrected chi connectivity index (χ1v) is 24.2. The number of alkyl carbamates (subject to hydrolysis) is 2. The molecule has 9 rings (SSSR count). The average Bonchev–Trinajstić information content (AvgIpc) is 4.18. The van der Waals surface area contributed by atoms with Crippen LogP contribution in [0.1, 0.15) is 90.0 Å². The summed E-state index contributed by atoms with van der Waals surface area (Å²) < 4.78 is 21.1. The SMILES string of the molecule is COC(=O)N[C@H](C(=O)N1[C@H](C)[C@H](C)C[C@H]1c1ncc(-c2ccc(-c3cccc4c(-c5cnc([C@@H]6C[C@@H](C)[C@@H](C)N6C(=O)[C@@H](NC(=O)OC)C6CCOCC6)[nH]5)cccc34)cc2)[nH]1)C1CCOCC1. The van der Waals surface area contributed by atoms with Gasteiger partial charge in [0, 0.05) is 44.1 Å². The topological polar surface area (TPSA) is 193 Å². The van der Waals surface area contributed by atoms with Gasteiger partial charge in [-0.05, 0) is 104 Å². The normalized spacial score (nSPS) is 24.4. The molecular formula is C52H64N8O8. The first kappa shape index (κ1) is 46.8. The largest absolute Gasteiger partial charge is 0.453 e. The zero-order chi connectivity index (χ0) is 47.6. The van der Waals surface area contributed by atoms with E-state index in [0.29, 0.717) is 63.8 Å². The molecule has 0 spiro atoms. The smallest absolute Gasteiger partial charge is 0.407 e. The fraction of sp³-hybridized carbons (Fsp3) is 0.500. The van der Waals surface area contributed by atoms with Crippen LogP contribution in [0, 0.1) is 23.7 Å². The highest BCUT2D eigenvalue weighted by Gasteiger charge is 2.47. The van der Waals surface area contributed by atoms with Gasteiger partial charge in [0.2, 0.25) is 11.8 Å². The van der Waals surface area contributed by atoms with Gasteiger partial charge in [-0.1, -0.05) is 74.5 Å². The molecule has 5 aromatic rings. The van der Waals surface area contributed by atoms with Crippen LogP contribution < -0.4 is 10.6 Å². The summed E-state index contributed by atoms with van der Waals surface area (Å²) in [6.07, 6.45) is 6.62. The van der Waals surface area contributed by atoms with Gasteiger partial charge in [0.15, 0.2) is 0 Å². The van der Waals surface area contributed by atoms with Crippen LogP contribution >= 0.6 is 0 Å². The summed E-state index contributed by atoms with van der Waals surface area (Å²) in [7, 11) is 2.63. The number of aromatic amines is 2. The molecule has 0 unspecified atom stereocenters. The van der Waals surface area contributed by atoms with Gasteiger partial charge in [-0.15, -0.1) is 0 Å². The molecule has 4 N–H and O–H groups in total. The molecule has 2 aromatic heterocycles. The number of rotatable bonds is 11. The highest BCUT2D eigenvalue weighted by atomic mass is 16.5. The molecule has 3 aromatic carbocycles. The molecule has 16 nitrogen and oxygen atoms in total. The van der Waals surface area contributed by atoms with Crippen LogP contribution in [0.25, 0.3) is 44.4 Å². The number of ether oxygens (including phenoxy) is 4. The van der Waals surface area contributed by atoms with Crippen LogP contribution in [0.2, 0.25) is 0 Å². The molecule has 4 aliphatic heterocycles. The van der Waals surface area contributed by atoms with E-state index in [4.69, 9.17) is 28.9 Å². The molecule has 68 heavy (non-hydrogen) atoms. The van der Waals surface area contributed by atoms with Crippen molar-refractivity contribution >= 4 is 34.8 Å². The van der Waals surface area contributed by atoms with Gasteiger partial charge in [0.1, 0.15) is 23.7 Å². The molecule has 4 saturated heterocycles. The van der Waals surface area contributed by atoms with Gasteiger partial charge in [0.25, 0.3) is 0 Å². The summed E-state index contributed by atoms with van der Waals surface area (Å²) in [6, 6.07) is 18.9. The first-order valence-electron chi connectivity index (χ1n) is 24.2. The third-order valence-corrected chi connectivity index (χ3v) is 15.4. The number of imidazole rings is 2. The third kappa shape index (κ3) is 9.19. The number of carbonyl (C=O) groups excluding carboxylic acids is 4. The Kier molecular flexibility index (Phi) is 13.9. The zero-order valence-corrected chi connectivity index (χ0v) is 39.8. The Bertz CT molecular complexity index is 2600. The van der Waals surface area contributed by atoms with Crippen molar-refractivity contribution in [3.05, 3.63) is 84.7 Å². The van der Waals surface area contributed by atoms with Crippen molar-refractivity contribution in [2.45, 2.75) is 102 Å². The fourth-order valence-electron chi connectivity index (χ4n) is 11.1. The molecule has 4 fully saturated rings. The number of benzene rings is 3. The van der Waals surface area contributed by atoms with E-state index in [9.17, 15) is 19.2 Å². The predicted octanol–water partition coefficient (Wildman–Crippen LogP) is 8.19. The van der Waals surface area contributed by atoms with Gasteiger partial charge in [-0.2, -0.15) is 0 Å². The number of aromatic nitrogens is 4. The molecule has 0 saturated carbocycles. The van der Waals surface area contributed by atoms with E-state index in [-0.39, 0.29) is 59.7 Å². The molecular weight excluding hydrogens is 865 g/mol. The number of nitrogens with one attached hydrogen (secondary N) is 4. The summed E-state index contributed by atoms with van der Waals surface area (Å²) in [5.41, 5.74) is 5.79. The van der Waals surface area contributed by atoms with E-state index in [1.165, 1.54) is 14.2 Å². The van der Waals surface area contributed by atoms with Gasteiger partial charge >= 0.3 is 12.2 Å². The van der Waals surface area contributed by atoms with Crippen molar-refractivity contribution in [2.24, 2.45) is 23.7 Å². The number of fused-ring (bicyclic) bond motifs is 1. The second-order valence-electron chi connectivity index (χ2n) is 19.2. The van der Waals surface area contributed by atoms with Gasteiger partial charge < -0.3 is 49.3 Å². The maximum atomic E-state index is 14.5. The van der Waals surface area contributed by atoms with Crippen LogP contribution in [0.3, 0.4) is 0 Å². The van der Waals surface area contributed by atoms with E-state index in [1.54, 1.807) is 0 Å². The number of likely N-dealkylation sites (tertiary alicyclic amines) is 2. The highest BCUT2D eigenvalue weighted by molar-refractivity contribution is 6.04. The molecule has 0 bridgehead atoms. The Balaban J connectivity index is 0.944. The second kappa shape index (κ2) is 20.1. The second-order valence-corrected chi connectivity index (χ2v) is 19.2. The van der Waals surface area contributed by atoms with Crippen molar-refractivity contribution in [3.63, 3.8) is 0 Å². The number of H-pyrrole nitrogens is 2. The Hall–Kier alpha value is -6.26. The van der Waals surface area contributed by atoms with Crippen LogP contribution in [0.15, 0.2) is 73.1 Å². The maximum absolute atomic E-state index is 14.5. The Morgan fingerprint density at radius 1 is 0.603 bits per heavy atom. The molecule has 0 aliphatic carbocycles. The Labute approximate surface area is 397 Å². The van der Waals surface area contributed by atoms with E-state index in [0.717, 1.165) is 57.3 Å². The van der Waals surface area contributed by atoms with Crippen molar-refractivity contribution in [3.8, 4) is 33.6 Å². The lowest BCUT2D eigenvalue weighted by Crippen LogP contribution is -2.54. The Morgan fingerprint density at radius 3 is 1.51 bits per heavy atom. The minimum atomic E-state index is -0.730. The quantitative estimate of drug-likeness (QED) is 0.100. The summed E-state index contributed by atoms with van der Waals surface area (Å²) in [6.45, 7) is 10.6. The number of hydrogen-bond acceptors (Lipinski definition) is 10. The molecule has 8 atom stereocenters. The lowest BCUT2D eigenvalue weighted by Gasteiger charge is -2.36. The van der Waals surface area contributed by atoms with Crippen molar-refractivity contribution in [1.29, 1.82) is 0 Å². The van der Waals surface area contributed by atoms with Crippen molar-refractivity contribution < 1.29 is 38.1 Å². The fourth-order valence-corrected chi connectivity index (χ4v) is 11.1. The number of methoxy groups -OCH3 is 2. The third-order valence-electron chi connectivity index (χ3n) is 15.4. The number of nitrogens with zero attached hydrogens (tertiary/aromatic N) is 4. The minimum Gasteiger partial charge on any atom is -0.453 e. The molecule has 360 valence electrons. The zero-order valence-electron chi connectivity index (χ0n) is 39.8. The standard InChI is InChI=1S/C52H64N8O8/c1-29-25-43(59(31(29)3)49(61)45(57-51(63)65-5)35-17-21-67-22-18-35)47-53-27-41(55-47)34-15-13-33(14-16-34)37-9-7-11-39-38(37)10-8-12-40(39)42-28-54-48(56-42)44-26-30(2)32(4)60(44)50(62)46(58-52(64)66-6)36-19-23-68-24-20-36/h7-16,27-32,35-36,43-46H,17-26H2,1-6H3,(H,53,55)(H,54,56)(H,57,63)(H,58,64)/t29-,30-,31-,32-,43+,44+,45+,46+/m1/s1. The average molecular weight is 929 g/mol. The van der Waals surface area contributed by atoms with Crippen LogP contribution in [0.4, 0.5) is 9.59 Å². The number of carbonyl (C=O) groups is 4. The molecule has 4 aliphatic rings. The molecule has 6 heterocycles. The van der Waals surface area contributed by atoms with E-state index < -0.39 is 24.3 Å². The van der Waals surface area contributed by atoms with E-state index in [2.05, 4.69) is 109 Å². The van der Waals surface area contributed by atoms with Gasteiger partial charge in [0.05, 0.1) is 50.1 Å². The Morgan fingerprint density at radius 2 is 1.03 bits per heavy atom. The minimum absolute atomic E-state index is 0.0573. The maximum Gasteiger partial charge on any atom is 0.407 e. The predicted molar refractivity (Wildman–Crippen MR) is 256 cm³/mol. The van der Waals surface area contributed by atoms with E-state index in [1.807, 2.05) is 22.2 Å². The van der Waals surface area contributed by atoms with Crippen molar-refractivity contribution in [2.75, 3.05) is 40.6 Å². The van der Waals surface area contributed by atoms with Crippen molar-refractivity contribution in [1.82, 2.24) is 40.4 Å². The van der Waals surface area contributed by atoms with Gasteiger partial charge in [-0.3, -0.25) is 9.59 Å². The van der Waals surface area contributed by atoms with Crippen LogP contribution in [0.5, 0.6) is 0 Å². The summed E-state index contributed by atoms with van der Waals surface area (Å²) in [4.78, 5) is 74.7. The number of hydrogen-bond donors (Lipinski definition) is 4. The molecule has 16 heteroatoms. The summed E-state index contributed by atoms with van der Waals surface area (Å²) >= 11 is 0.